The molecule has 0 saturated heterocycles. The van der Waals surface area contributed by atoms with Gasteiger partial charge in [-0.2, -0.15) is 0 Å². The topological polar surface area (TPSA) is 38.9 Å². The van der Waals surface area contributed by atoms with Crippen molar-refractivity contribution in [3.8, 4) is 0 Å². The molecule has 2 rings (SSSR count). The normalized spacial score (nSPS) is 10.6. The summed E-state index contributed by atoms with van der Waals surface area (Å²) >= 11 is 1.13. The van der Waals surface area contributed by atoms with Crippen molar-refractivity contribution in [1.82, 2.24) is 4.98 Å². The standard InChI is InChI=1S/C13H12F2N2S/c14-11-7-9(16)8-12(15)13(11)18-6-4-10-3-1-2-5-17-10/h1-3,5,7-8H,4,6,16H2. The smallest absolute Gasteiger partial charge is 0.141 e. The van der Waals surface area contributed by atoms with Crippen molar-refractivity contribution in [2.45, 2.75) is 11.3 Å². The Labute approximate surface area is 108 Å². The summed E-state index contributed by atoms with van der Waals surface area (Å²) in [7, 11) is 0. The third kappa shape index (κ3) is 3.20. The first-order valence-electron chi connectivity index (χ1n) is 5.44. The van der Waals surface area contributed by atoms with E-state index in [4.69, 9.17) is 5.73 Å². The molecule has 0 spiro atoms. The number of hydrogen-bond acceptors (Lipinski definition) is 3. The van der Waals surface area contributed by atoms with E-state index in [2.05, 4.69) is 4.98 Å². The SMILES string of the molecule is Nc1cc(F)c(SCCc2ccccn2)c(F)c1. The first-order chi connectivity index (χ1) is 8.66. The molecule has 0 radical (unpaired) electrons. The van der Waals surface area contributed by atoms with E-state index in [1.54, 1.807) is 6.20 Å². The molecular formula is C13H12F2N2S. The molecule has 0 atom stereocenters. The molecule has 0 aliphatic carbocycles. The molecule has 1 heterocycles. The highest BCUT2D eigenvalue weighted by atomic mass is 32.2. The minimum absolute atomic E-state index is 0.0140. The second kappa shape index (κ2) is 5.82. The molecule has 5 heteroatoms. The van der Waals surface area contributed by atoms with Gasteiger partial charge in [-0.25, -0.2) is 8.78 Å². The van der Waals surface area contributed by atoms with E-state index >= 15 is 0 Å². The summed E-state index contributed by atoms with van der Waals surface area (Å²) in [6.07, 6.45) is 2.36. The molecule has 1 aromatic carbocycles. The quantitative estimate of drug-likeness (QED) is 0.682. The predicted octanol–water partition coefficient (Wildman–Crippen LogP) is 3.28. The van der Waals surface area contributed by atoms with Gasteiger partial charge >= 0.3 is 0 Å². The minimum atomic E-state index is -0.612. The number of aromatic nitrogens is 1. The number of thioether (sulfide) groups is 1. The molecule has 0 aliphatic rings. The number of anilines is 1. The number of benzene rings is 1. The van der Waals surface area contributed by atoms with Gasteiger partial charge in [0.25, 0.3) is 0 Å². The number of halogens is 2. The molecule has 0 fully saturated rings. The van der Waals surface area contributed by atoms with E-state index in [-0.39, 0.29) is 10.6 Å². The van der Waals surface area contributed by atoms with Crippen LogP contribution in [-0.4, -0.2) is 10.7 Å². The summed E-state index contributed by atoms with van der Waals surface area (Å²) in [5.41, 5.74) is 6.35. The fraction of sp³-hybridized carbons (Fsp3) is 0.154. The van der Waals surface area contributed by atoms with Crippen LogP contribution in [0.5, 0.6) is 0 Å². The van der Waals surface area contributed by atoms with E-state index in [1.165, 1.54) is 0 Å². The van der Waals surface area contributed by atoms with Crippen LogP contribution >= 0.6 is 11.8 Å². The summed E-state index contributed by atoms with van der Waals surface area (Å²) < 4.78 is 27.0. The minimum Gasteiger partial charge on any atom is -0.399 e. The average Bonchev–Trinajstić information content (AvgIpc) is 2.34. The van der Waals surface area contributed by atoms with E-state index in [9.17, 15) is 8.78 Å². The second-order valence-corrected chi connectivity index (χ2v) is 4.84. The van der Waals surface area contributed by atoms with Gasteiger partial charge in [0.15, 0.2) is 0 Å². The van der Waals surface area contributed by atoms with E-state index in [1.807, 2.05) is 18.2 Å². The van der Waals surface area contributed by atoms with E-state index in [0.29, 0.717) is 12.2 Å². The summed E-state index contributed by atoms with van der Waals surface area (Å²) in [5, 5.41) is 0. The van der Waals surface area contributed by atoms with Gasteiger partial charge in [0.1, 0.15) is 11.6 Å². The molecule has 1 aromatic heterocycles. The van der Waals surface area contributed by atoms with Crippen LogP contribution in [0.2, 0.25) is 0 Å². The summed E-state index contributed by atoms with van der Waals surface area (Å²) in [5.74, 6) is -0.661. The van der Waals surface area contributed by atoms with Crippen molar-refractivity contribution in [3.05, 3.63) is 53.9 Å². The largest absolute Gasteiger partial charge is 0.399 e. The Kier molecular flexibility index (Phi) is 4.15. The van der Waals surface area contributed by atoms with Crippen LogP contribution in [0.15, 0.2) is 41.4 Å². The third-order valence-corrected chi connectivity index (χ3v) is 3.44. The van der Waals surface area contributed by atoms with Gasteiger partial charge < -0.3 is 5.73 Å². The third-order valence-electron chi connectivity index (χ3n) is 2.35. The lowest BCUT2D eigenvalue weighted by atomic mass is 10.3. The number of nitrogens with two attached hydrogens (primary N) is 1. The first-order valence-corrected chi connectivity index (χ1v) is 6.42. The maximum atomic E-state index is 13.5. The highest BCUT2D eigenvalue weighted by molar-refractivity contribution is 7.99. The Hall–Kier alpha value is -1.62. The Bertz CT molecular complexity index is 509. The molecule has 18 heavy (non-hydrogen) atoms. The molecule has 2 aromatic rings. The van der Waals surface area contributed by atoms with Crippen molar-refractivity contribution >= 4 is 17.4 Å². The number of rotatable bonds is 4. The van der Waals surface area contributed by atoms with Crippen molar-refractivity contribution in [2.75, 3.05) is 11.5 Å². The Balaban J connectivity index is 1.99. The lowest BCUT2D eigenvalue weighted by Gasteiger charge is -2.05. The van der Waals surface area contributed by atoms with Crippen LogP contribution in [-0.2, 0) is 6.42 Å². The molecule has 0 bridgehead atoms. The van der Waals surface area contributed by atoms with Crippen LogP contribution in [0.4, 0.5) is 14.5 Å². The van der Waals surface area contributed by atoms with Crippen LogP contribution < -0.4 is 5.73 Å². The van der Waals surface area contributed by atoms with Gasteiger partial charge in [-0.1, -0.05) is 6.07 Å². The Morgan fingerprint density at radius 2 is 1.89 bits per heavy atom. The fourth-order valence-corrected chi connectivity index (χ4v) is 2.43. The van der Waals surface area contributed by atoms with Crippen molar-refractivity contribution in [1.29, 1.82) is 0 Å². The maximum absolute atomic E-state index is 13.5. The van der Waals surface area contributed by atoms with E-state index in [0.717, 1.165) is 29.6 Å². The zero-order valence-corrected chi connectivity index (χ0v) is 10.4. The predicted molar refractivity (Wildman–Crippen MR) is 69.4 cm³/mol. The summed E-state index contributed by atoms with van der Waals surface area (Å²) in [4.78, 5) is 4.16. The highest BCUT2D eigenvalue weighted by Crippen LogP contribution is 2.27. The Morgan fingerprint density at radius 3 is 2.50 bits per heavy atom. The molecular weight excluding hydrogens is 254 g/mol. The van der Waals surface area contributed by atoms with Gasteiger partial charge in [-0.15, -0.1) is 11.8 Å². The number of pyridine rings is 1. The lowest BCUT2D eigenvalue weighted by Crippen LogP contribution is -1.96. The van der Waals surface area contributed by atoms with Crippen LogP contribution in [0.1, 0.15) is 5.69 Å². The molecule has 94 valence electrons. The molecule has 0 aliphatic heterocycles. The number of aryl methyl sites for hydroxylation is 1. The molecule has 0 amide bonds. The first kappa shape index (κ1) is 12.8. The highest BCUT2D eigenvalue weighted by Gasteiger charge is 2.10. The number of nitrogens with zero attached hydrogens (tertiary/aromatic N) is 1. The van der Waals surface area contributed by atoms with Crippen LogP contribution in [0.3, 0.4) is 0 Å². The van der Waals surface area contributed by atoms with Crippen molar-refractivity contribution < 1.29 is 8.78 Å². The summed E-state index contributed by atoms with van der Waals surface area (Å²) in [6.45, 7) is 0. The van der Waals surface area contributed by atoms with Crippen LogP contribution in [0, 0.1) is 11.6 Å². The molecule has 0 saturated carbocycles. The zero-order valence-electron chi connectivity index (χ0n) is 9.57. The second-order valence-electron chi connectivity index (χ2n) is 3.73. The monoisotopic (exact) mass is 266 g/mol. The van der Waals surface area contributed by atoms with E-state index < -0.39 is 11.6 Å². The number of nitrogen functional groups attached to an aromatic ring is 1. The van der Waals surface area contributed by atoms with Gasteiger partial charge in [-0.3, -0.25) is 4.98 Å². The average molecular weight is 266 g/mol. The van der Waals surface area contributed by atoms with Gasteiger partial charge in [0, 0.05) is 23.3 Å². The maximum Gasteiger partial charge on any atom is 0.141 e. The molecule has 0 unspecified atom stereocenters. The lowest BCUT2D eigenvalue weighted by molar-refractivity contribution is 0.542. The van der Waals surface area contributed by atoms with Crippen molar-refractivity contribution in [2.24, 2.45) is 0 Å². The molecule has 2 N–H and O–H groups in total. The summed E-state index contributed by atoms with van der Waals surface area (Å²) in [6, 6.07) is 7.86. The fourth-order valence-electron chi connectivity index (χ4n) is 1.52. The Morgan fingerprint density at radius 1 is 1.17 bits per heavy atom. The van der Waals surface area contributed by atoms with Gasteiger partial charge in [-0.05, 0) is 30.7 Å². The van der Waals surface area contributed by atoms with Gasteiger partial charge in [0.2, 0.25) is 0 Å². The van der Waals surface area contributed by atoms with Crippen molar-refractivity contribution in [3.63, 3.8) is 0 Å². The molecule has 2 nitrogen and oxygen atoms in total. The zero-order chi connectivity index (χ0) is 13.0. The van der Waals surface area contributed by atoms with Gasteiger partial charge in [0.05, 0.1) is 4.90 Å². The number of hydrogen-bond donors (Lipinski definition) is 1. The van der Waals surface area contributed by atoms with Crippen LogP contribution in [0.25, 0.3) is 0 Å².